The van der Waals surface area contributed by atoms with E-state index < -0.39 is 5.97 Å². The number of amidine groups is 1. The molecule has 9 nitrogen and oxygen atoms in total. The Labute approximate surface area is 225 Å². The highest BCUT2D eigenvalue weighted by molar-refractivity contribution is 8.18. The van der Waals surface area contributed by atoms with Gasteiger partial charge in [-0.1, -0.05) is 24.3 Å². The molecule has 1 fully saturated rings. The van der Waals surface area contributed by atoms with Gasteiger partial charge < -0.3 is 23.4 Å². The van der Waals surface area contributed by atoms with Crippen LogP contribution < -0.4 is 9.47 Å². The van der Waals surface area contributed by atoms with E-state index >= 15 is 0 Å². The second-order valence-electron chi connectivity index (χ2n) is 8.10. The normalized spacial score (nSPS) is 15.3. The summed E-state index contributed by atoms with van der Waals surface area (Å²) in [5.41, 5.74) is 1.55. The van der Waals surface area contributed by atoms with E-state index in [0.29, 0.717) is 46.9 Å². The fraction of sp³-hybridized carbons (Fsp3) is 0.250. The highest BCUT2D eigenvalue weighted by atomic mass is 32.2. The molecule has 0 N–H and O–H groups in total. The summed E-state index contributed by atoms with van der Waals surface area (Å²) >= 11 is 1.33. The summed E-state index contributed by atoms with van der Waals surface area (Å²) in [5, 5.41) is 0.625. The predicted molar refractivity (Wildman–Crippen MR) is 145 cm³/mol. The molecule has 0 spiro atoms. The molecular formula is C28H28N2O7S. The molecule has 2 aromatic carbocycles. The number of ether oxygens (including phenoxy) is 4. The molecule has 198 valence electrons. The molecule has 0 radical (unpaired) electrons. The second-order valence-corrected chi connectivity index (χ2v) is 9.11. The third-order valence-electron chi connectivity index (χ3n) is 5.50. The number of rotatable bonds is 11. The van der Waals surface area contributed by atoms with E-state index in [9.17, 15) is 9.59 Å². The van der Waals surface area contributed by atoms with E-state index in [1.807, 2.05) is 42.5 Å². The van der Waals surface area contributed by atoms with Crippen LogP contribution in [0.15, 0.2) is 75.0 Å². The van der Waals surface area contributed by atoms with Crippen molar-refractivity contribution in [1.29, 1.82) is 0 Å². The van der Waals surface area contributed by atoms with Crippen LogP contribution in [-0.2, 0) is 20.9 Å². The Balaban J connectivity index is 1.52. The number of hydrogen-bond acceptors (Lipinski definition) is 9. The van der Waals surface area contributed by atoms with Gasteiger partial charge in [0.15, 0.2) is 16.7 Å². The highest BCUT2D eigenvalue weighted by Gasteiger charge is 2.33. The Morgan fingerprint density at radius 1 is 1.05 bits per heavy atom. The number of carbonyl (C=O) groups excluding carboxylic acids is 2. The van der Waals surface area contributed by atoms with Gasteiger partial charge in [0, 0.05) is 20.3 Å². The molecule has 0 bridgehead atoms. The Morgan fingerprint density at radius 3 is 2.61 bits per heavy atom. The van der Waals surface area contributed by atoms with E-state index in [0.717, 1.165) is 11.3 Å². The maximum absolute atomic E-state index is 13.3. The molecule has 3 aromatic rings. The molecule has 0 aliphatic carbocycles. The van der Waals surface area contributed by atoms with Crippen LogP contribution in [0.5, 0.6) is 11.5 Å². The molecule has 38 heavy (non-hydrogen) atoms. The number of aliphatic imine (C=N–C) groups is 1. The number of para-hydroxylation sites is 1. The fourth-order valence-electron chi connectivity index (χ4n) is 3.63. The van der Waals surface area contributed by atoms with Crippen LogP contribution in [0.2, 0.25) is 0 Å². The fourth-order valence-corrected chi connectivity index (χ4v) is 4.65. The van der Waals surface area contributed by atoms with E-state index in [4.69, 9.17) is 23.6 Å². The molecule has 0 atom stereocenters. The minimum absolute atomic E-state index is 0.0951. The summed E-state index contributed by atoms with van der Waals surface area (Å²) in [5.74, 6) is 0.878. The van der Waals surface area contributed by atoms with Gasteiger partial charge in [-0.2, -0.15) is 0 Å². The minimum atomic E-state index is -0.556. The van der Waals surface area contributed by atoms with Crippen molar-refractivity contribution in [3.63, 3.8) is 0 Å². The van der Waals surface area contributed by atoms with Gasteiger partial charge in [0.25, 0.3) is 5.91 Å². The zero-order chi connectivity index (χ0) is 26.9. The summed E-state index contributed by atoms with van der Waals surface area (Å²) in [7, 11) is 4.47. The van der Waals surface area contributed by atoms with Crippen molar-refractivity contribution in [3.05, 3.63) is 82.7 Å². The lowest BCUT2D eigenvalue weighted by Gasteiger charge is -2.15. The molecule has 1 aliphatic rings. The van der Waals surface area contributed by atoms with Gasteiger partial charge >= 0.3 is 5.97 Å². The lowest BCUT2D eigenvalue weighted by atomic mass is 10.2. The molecule has 0 unspecified atom stereocenters. The van der Waals surface area contributed by atoms with Crippen molar-refractivity contribution in [1.82, 2.24) is 4.90 Å². The first-order valence-corrected chi connectivity index (χ1v) is 12.7. The van der Waals surface area contributed by atoms with Crippen LogP contribution in [0.1, 0.15) is 28.3 Å². The van der Waals surface area contributed by atoms with Crippen LogP contribution in [0, 0.1) is 0 Å². The quantitative estimate of drug-likeness (QED) is 0.185. The molecule has 1 saturated heterocycles. The topological polar surface area (TPSA) is 99.8 Å². The summed E-state index contributed by atoms with van der Waals surface area (Å²) < 4.78 is 26.6. The van der Waals surface area contributed by atoms with Crippen molar-refractivity contribution in [2.24, 2.45) is 4.99 Å². The standard InChI is InChI=1S/C28H28N2O7S/c1-33-15-7-14-30-26(31)25(38-28(30)29-20-8-5-4-6-9-20)17-19-10-12-22(24(16-19)34-2)36-18-21-11-13-23(37-21)27(32)35-3/h4-6,8-13,16-17H,7,14-15,18H2,1-3H3. The Kier molecular flexibility index (Phi) is 9.23. The number of furan rings is 1. The minimum Gasteiger partial charge on any atom is -0.493 e. The number of benzene rings is 2. The van der Waals surface area contributed by atoms with Gasteiger partial charge in [-0.05, 0) is 66.2 Å². The highest BCUT2D eigenvalue weighted by Crippen LogP contribution is 2.36. The molecule has 1 amide bonds. The van der Waals surface area contributed by atoms with Crippen LogP contribution in [-0.4, -0.2) is 56.4 Å². The lowest BCUT2D eigenvalue weighted by molar-refractivity contribution is -0.122. The van der Waals surface area contributed by atoms with Crippen molar-refractivity contribution >= 4 is 40.6 Å². The van der Waals surface area contributed by atoms with Gasteiger partial charge in [0.2, 0.25) is 5.76 Å². The second kappa shape index (κ2) is 13.0. The van der Waals surface area contributed by atoms with Gasteiger partial charge in [0.1, 0.15) is 12.4 Å². The average Bonchev–Trinajstić information content (AvgIpc) is 3.53. The third kappa shape index (κ3) is 6.64. The number of thioether (sulfide) groups is 1. The first-order valence-electron chi connectivity index (χ1n) is 11.8. The van der Waals surface area contributed by atoms with Crippen LogP contribution in [0.3, 0.4) is 0 Å². The summed E-state index contributed by atoms with van der Waals surface area (Å²) in [6, 6.07) is 18.1. The summed E-state index contributed by atoms with van der Waals surface area (Å²) in [6.45, 7) is 1.15. The van der Waals surface area contributed by atoms with Crippen LogP contribution >= 0.6 is 11.8 Å². The van der Waals surface area contributed by atoms with E-state index in [1.54, 1.807) is 37.3 Å². The molecule has 10 heteroatoms. The molecular weight excluding hydrogens is 508 g/mol. The first kappa shape index (κ1) is 27.0. The zero-order valence-corrected chi connectivity index (χ0v) is 22.2. The number of carbonyl (C=O) groups is 2. The molecule has 0 saturated carbocycles. The predicted octanol–water partition coefficient (Wildman–Crippen LogP) is 5.29. The molecule has 1 aliphatic heterocycles. The van der Waals surface area contributed by atoms with E-state index in [2.05, 4.69) is 4.74 Å². The number of hydrogen-bond donors (Lipinski definition) is 0. The number of nitrogens with zero attached hydrogens (tertiary/aromatic N) is 2. The van der Waals surface area contributed by atoms with Crippen molar-refractivity contribution < 1.29 is 33.0 Å². The molecule has 1 aromatic heterocycles. The summed E-state index contributed by atoms with van der Waals surface area (Å²) in [6.07, 6.45) is 2.51. The third-order valence-corrected chi connectivity index (χ3v) is 6.51. The average molecular weight is 537 g/mol. The largest absolute Gasteiger partial charge is 0.493 e. The molecule has 4 rings (SSSR count). The maximum atomic E-state index is 13.3. The van der Waals surface area contributed by atoms with Crippen molar-refractivity contribution in [2.75, 3.05) is 34.5 Å². The first-order chi connectivity index (χ1) is 18.5. The van der Waals surface area contributed by atoms with Crippen LogP contribution in [0.4, 0.5) is 5.69 Å². The monoisotopic (exact) mass is 536 g/mol. The maximum Gasteiger partial charge on any atom is 0.373 e. The number of methoxy groups -OCH3 is 3. The summed E-state index contributed by atoms with van der Waals surface area (Å²) in [4.78, 5) is 31.8. The Morgan fingerprint density at radius 2 is 1.87 bits per heavy atom. The Hall–Kier alpha value is -4.02. The van der Waals surface area contributed by atoms with Gasteiger partial charge in [-0.3, -0.25) is 9.69 Å². The van der Waals surface area contributed by atoms with E-state index in [1.165, 1.54) is 24.9 Å². The zero-order valence-electron chi connectivity index (χ0n) is 21.3. The van der Waals surface area contributed by atoms with Crippen molar-refractivity contribution in [2.45, 2.75) is 13.0 Å². The number of amides is 1. The van der Waals surface area contributed by atoms with Crippen LogP contribution in [0.25, 0.3) is 6.08 Å². The SMILES string of the molecule is COCCCN1C(=O)C(=Cc2ccc(OCc3ccc(C(=O)OC)o3)c(OC)c2)SC1=Nc1ccccc1. The molecule has 2 heterocycles. The van der Waals surface area contributed by atoms with Crippen molar-refractivity contribution in [3.8, 4) is 11.5 Å². The van der Waals surface area contributed by atoms with Gasteiger partial charge in [-0.15, -0.1) is 0 Å². The van der Waals surface area contributed by atoms with Gasteiger partial charge in [0.05, 0.1) is 24.8 Å². The van der Waals surface area contributed by atoms with Gasteiger partial charge in [-0.25, -0.2) is 9.79 Å². The number of esters is 1. The van der Waals surface area contributed by atoms with E-state index in [-0.39, 0.29) is 18.3 Å². The lowest BCUT2D eigenvalue weighted by Crippen LogP contribution is -2.30. The smallest absolute Gasteiger partial charge is 0.373 e. The Bertz CT molecular complexity index is 1330.